The molecular weight excluding hydrogens is 239 g/mol. The van der Waals surface area contributed by atoms with Crippen molar-refractivity contribution >= 4 is 17.6 Å². The highest BCUT2D eigenvalue weighted by atomic mass is 19.1. The number of methoxy groups -OCH3 is 1. The Morgan fingerprint density at radius 1 is 1.50 bits per heavy atom. The van der Waals surface area contributed by atoms with Gasteiger partial charge in [-0.2, -0.15) is 0 Å². The van der Waals surface area contributed by atoms with Crippen molar-refractivity contribution in [2.75, 3.05) is 12.8 Å². The van der Waals surface area contributed by atoms with Crippen LogP contribution in [-0.4, -0.2) is 25.0 Å². The monoisotopic (exact) mass is 254 g/mol. The Morgan fingerprint density at radius 3 is 2.67 bits per heavy atom. The van der Waals surface area contributed by atoms with Crippen LogP contribution in [0.15, 0.2) is 18.2 Å². The molecule has 0 aliphatic carbocycles. The van der Waals surface area contributed by atoms with E-state index in [1.807, 2.05) is 0 Å². The molecular formula is C12H15FN2O3. The lowest BCUT2D eigenvalue weighted by Crippen LogP contribution is -2.41. The number of benzene rings is 1. The summed E-state index contributed by atoms with van der Waals surface area (Å²) in [7, 11) is 1.24. The van der Waals surface area contributed by atoms with Crippen molar-refractivity contribution < 1.29 is 18.7 Å². The molecule has 1 atom stereocenters. The number of nitrogen functional groups attached to an aromatic ring is 1. The molecule has 0 aliphatic rings. The van der Waals surface area contributed by atoms with Gasteiger partial charge in [0.15, 0.2) is 0 Å². The highest BCUT2D eigenvalue weighted by Crippen LogP contribution is 2.12. The summed E-state index contributed by atoms with van der Waals surface area (Å²) in [6, 6.07) is 2.89. The lowest BCUT2D eigenvalue weighted by atomic mass is 10.1. The van der Waals surface area contributed by atoms with Gasteiger partial charge in [-0.3, -0.25) is 4.79 Å². The molecule has 1 unspecified atom stereocenters. The van der Waals surface area contributed by atoms with Gasteiger partial charge in [0, 0.05) is 5.56 Å². The lowest BCUT2D eigenvalue weighted by Gasteiger charge is -2.14. The summed E-state index contributed by atoms with van der Waals surface area (Å²) in [6.45, 7) is 1.74. The number of esters is 1. The van der Waals surface area contributed by atoms with Crippen molar-refractivity contribution in [1.82, 2.24) is 5.32 Å². The van der Waals surface area contributed by atoms with Gasteiger partial charge in [0.2, 0.25) is 0 Å². The first-order valence-electron chi connectivity index (χ1n) is 5.43. The van der Waals surface area contributed by atoms with Crippen molar-refractivity contribution in [1.29, 1.82) is 0 Å². The van der Waals surface area contributed by atoms with Crippen LogP contribution in [0.2, 0.25) is 0 Å². The number of hydrogen-bond acceptors (Lipinski definition) is 4. The van der Waals surface area contributed by atoms with Gasteiger partial charge in [-0.1, -0.05) is 6.92 Å². The van der Waals surface area contributed by atoms with Gasteiger partial charge < -0.3 is 15.8 Å². The predicted molar refractivity (Wildman–Crippen MR) is 64.4 cm³/mol. The van der Waals surface area contributed by atoms with E-state index in [1.165, 1.54) is 19.2 Å². The Morgan fingerprint density at radius 2 is 2.17 bits per heavy atom. The Kier molecular flexibility index (Phi) is 4.65. The van der Waals surface area contributed by atoms with E-state index in [9.17, 15) is 14.0 Å². The number of ether oxygens (including phenoxy) is 1. The Hall–Kier alpha value is -2.11. The van der Waals surface area contributed by atoms with E-state index in [-0.39, 0.29) is 11.3 Å². The molecule has 1 aromatic rings. The van der Waals surface area contributed by atoms with Gasteiger partial charge in [0.05, 0.1) is 12.8 Å². The number of halogens is 1. The minimum atomic E-state index is -0.728. The van der Waals surface area contributed by atoms with Gasteiger partial charge in [0.25, 0.3) is 5.91 Å². The molecule has 1 amide bonds. The van der Waals surface area contributed by atoms with Crippen LogP contribution >= 0.6 is 0 Å². The molecule has 1 aromatic carbocycles. The second-order valence-electron chi connectivity index (χ2n) is 3.69. The van der Waals surface area contributed by atoms with Crippen LogP contribution in [0.25, 0.3) is 0 Å². The highest BCUT2D eigenvalue weighted by Gasteiger charge is 2.20. The van der Waals surface area contributed by atoms with Crippen molar-refractivity contribution in [3.05, 3.63) is 29.6 Å². The van der Waals surface area contributed by atoms with Crippen LogP contribution in [0.4, 0.5) is 10.1 Å². The molecule has 6 heteroatoms. The lowest BCUT2D eigenvalue weighted by molar-refractivity contribution is -0.142. The zero-order valence-electron chi connectivity index (χ0n) is 10.2. The van der Waals surface area contributed by atoms with Gasteiger partial charge in [-0.15, -0.1) is 0 Å². The number of rotatable bonds is 4. The first-order valence-corrected chi connectivity index (χ1v) is 5.43. The number of hydrogen-bond donors (Lipinski definition) is 2. The van der Waals surface area contributed by atoms with Crippen molar-refractivity contribution in [3.8, 4) is 0 Å². The van der Waals surface area contributed by atoms with Crippen LogP contribution in [0.1, 0.15) is 23.7 Å². The van der Waals surface area contributed by atoms with Crippen LogP contribution in [0.5, 0.6) is 0 Å². The fourth-order valence-corrected chi connectivity index (χ4v) is 1.40. The summed E-state index contributed by atoms with van der Waals surface area (Å²) >= 11 is 0. The maximum absolute atomic E-state index is 12.9. The maximum atomic E-state index is 12.9. The van der Waals surface area contributed by atoms with E-state index in [0.717, 1.165) is 6.07 Å². The molecule has 0 bridgehead atoms. The van der Waals surface area contributed by atoms with Crippen molar-refractivity contribution in [3.63, 3.8) is 0 Å². The van der Waals surface area contributed by atoms with Gasteiger partial charge >= 0.3 is 5.97 Å². The maximum Gasteiger partial charge on any atom is 0.328 e. The Labute approximate surface area is 104 Å². The third-order valence-corrected chi connectivity index (χ3v) is 2.46. The summed E-state index contributed by atoms with van der Waals surface area (Å²) in [4.78, 5) is 23.1. The first-order chi connectivity index (χ1) is 8.49. The minimum Gasteiger partial charge on any atom is -0.467 e. The first kappa shape index (κ1) is 14.0. The van der Waals surface area contributed by atoms with E-state index in [4.69, 9.17) is 5.73 Å². The molecule has 18 heavy (non-hydrogen) atoms. The molecule has 1 rings (SSSR count). The van der Waals surface area contributed by atoms with Gasteiger partial charge in [-0.05, 0) is 24.6 Å². The average molecular weight is 254 g/mol. The summed E-state index contributed by atoms with van der Waals surface area (Å²) in [5, 5.41) is 2.49. The molecule has 0 radical (unpaired) electrons. The third-order valence-electron chi connectivity index (χ3n) is 2.46. The zero-order valence-corrected chi connectivity index (χ0v) is 10.2. The number of amides is 1. The molecule has 0 heterocycles. The number of nitrogens with two attached hydrogens (primary N) is 1. The summed E-state index contributed by atoms with van der Waals surface area (Å²) in [5.74, 6) is -1.62. The Balaban J connectivity index is 2.81. The fourth-order valence-electron chi connectivity index (χ4n) is 1.40. The van der Waals surface area contributed by atoms with Crippen LogP contribution < -0.4 is 11.1 Å². The van der Waals surface area contributed by atoms with Gasteiger partial charge in [0.1, 0.15) is 11.9 Å². The zero-order chi connectivity index (χ0) is 13.7. The largest absolute Gasteiger partial charge is 0.467 e. The molecule has 3 N–H and O–H groups in total. The second kappa shape index (κ2) is 6.00. The molecule has 98 valence electrons. The van der Waals surface area contributed by atoms with Crippen LogP contribution in [0.3, 0.4) is 0 Å². The number of carbonyl (C=O) groups is 2. The number of nitrogens with one attached hydrogen (secondary N) is 1. The Bertz CT molecular complexity index is 463. The molecule has 0 saturated carbocycles. The fraction of sp³-hybridized carbons (Fsp3) is 0.333. The second-order valence-corrected chi connectivity index (χ2v) is 3.69. The predicted octanol–water partition coefficient (Wildman–Crippen LogP) is 1.09. The SMILES string of the molecule is CCC(NC(=O)c1ccc(F)c(N)c1)C(=O)OC. The minimum absolute atomic E-state index is 0.117. The van der Waals surface area contributed by atoms with Crippen molar-refractivity contribution in [2.24, 2.45) is 0 Å². The van der Waals surface area contributed by atoms with Crippen LogP contribution in [-0.2, 0) is 9.53 Å². The molecule has 0 fully saturated rings. The molecule has 5 nitrogen and oxygen atoms in total. The summed E-state index contributed by atoms with van der Waals surface area (Å²) < 4.78 is 17.5. The smallest absolute Gasteiger partial charge is 0.328 e. The summed E-state index contributed by atoms with van der Waals surface area (Å²) in [5.41, 5.74) is 5.44. The number of anilines is 1. The molecule has 0 aliphatic heterocycles. The molecule has 0 spiro atoms. The standard InChI is InChI=1S/C12H15FN2O3/c1-3-10(12(17)18-2)15-11(16)7-4-5-8(13)9(14)6-7/h4-6,10H,3,14H2,1-2H3,(H,15,16). The normalized spacial score (nSPS) is 11.7. The van der Waals surface area contributed by atoms with E-state index in [1.54, 1.807) is 6.92 Å². The highest BCUT2D eigenvalue weighted by molar-refractivity contribution is 5.97. The quantitative estimate of drug-likeness (QED) is 0.622. The average Bonchev–Trinajstić information content (AvgIpc) is 2.37. The van der Waals surface area contributed by atoms with E-state index >= 15 is 0 Å². The molecule has 0 saturated heterocycles. The van der Waals surface area contributed by atoms with E-state index in [0.29, 0.717) is 6.42 Å². The topological polar surface area (TPSA) is 81.4 Å². The van der Waals surface area contributed by atoms with Gasteiger partial charge in [-0.25, -0.2) is 9.18 Å². The van der Waals surface area contributed by atoms with E-state index < -0.39 is 23.7 Å². The van der Waals surface area contributed by atoms with Crippen LogP contribution in [0, 0.1) is 5.82 Å². The summed E-state index contributed by atoms with van der Waals surface area (Å²) in [6.07, 6.45) is 0.398. The molecule has 0 aromatic heterocycles. The van der Waals surface area contributed by atoms with Crippen molar-refractivity contribution in [2.45, 2.75) is 19.4 Å². The number of carbonyl (C=O) groups excluding carboxylic acids is 2. The van der Waals surface area contributed by atoms with E-state index in [2.05, 4.69) is 10.1 Å². The third kappa shape index (κ3) is 3.19.